The number of hydrogen-bond acceptors (Lipinski definition) is 2. The summed E-state index contributed by atoms with van der Waals surface area (Å²) in [5.41, 5.74) is -0.223. The lowest BCUT2D eigenvalue weighted by atomic mass is 9.97. The van der Waals surface area contributed by atoms with E-state index in [-0.39, 0.29) is 17.7 Å². The minimum atomic E-state index is -0.590. The first-order valence-corrected chi connectivity index (χ1v) is 5.03. The van der Waals surface area contributed by atoms with E-state index in [9.17, 15) is 8.78 Å². The maximum atomic E-state index is 13.6. The second-order valence-corrected chi connectivity index (χ2v) is 4.15. The largest absolute Gasteiger partial charge is 0.494 e. The van der Waals surface area contributed by atoms with Crippen molar-refractivity contribution in [3.8, 4) is 11.8 Å². The molecule has 1 fully saturated rings. The highest BCUT2D eigenvalue weighted by Gasteiger charge is 2.43. The number of rotatable bonds is 3. The molecule has 0 spiro atoms. The highest BCUT2D eigenvalue weighted by atomic mass is 19.1. The highest BCUT2D eigenvalue weighted by molar-refractivity contribution is 5.33. The monoisotopic (exact) mass is 223 g/mol. The molecule has 2 nitrogen and oxygen atoms in total. The average molecular weight is 223 g/mol. The summed E-state index contributed by atoms with van der Waals surface area (Å²) in [4.78, 5) is 0. The van der Waals surface area contributed by atoms with Crippen molar-refractivity contribution in [2.75, 3.05) is 7.11 Å². The van der Waals surface area contributed by atoms with Crippen molar-refractivity contribution in [3.63, 3.8) is 0 Å². The number of nitriles is 1. The lowest BCUT2D eigenvalue weighted by molar-refractivity contribution is 0.381. The number of benzene rings is 1. The summed E-state index contributed by atoms with van der Waals surface area (Å²) in [6, 6.07) is 4.30. The summed E-state index contributed by atoms with van der Waals surface area (Å²) in [6.45, 7) is 0. The third-order valence-electron chi connectivity index (χ3n) is 2.94. The molecule has 4 heteroatoms. The van der Waals surface area contributed by atoms with Gasteiger partial charge in [0.1, 0.15) is 5.82 Å². The number of nitrogens with zero attached hydrogens (tertiary/aromatic N) is 1. The number of ether oxygens (including phenoxy) is 1. The molecule has 0 bridgehead atoms. The summed E-state index contributed by atoms with van der Waals surface area (Å²) < 4.78 is 31.6. The van der Waals surface area contributed by atoms with Crippen molar-refractivity contribution in [3.05, 3.63) is 29.3 Å². The fraction of sp³-hybridized carbons (Fsp3) is 0.417. The predicted octanol–water partition coefficient (Wildman–Crippen LogP) is 2.82. The van der Waals surface area contributed by atoms with Gasteiger partial charge in [0.25, 0.3) is 0 Å². The number of halogens is 2. The van der Waals surface area contributed by atoms with Crippen LogP contribution in [0.15, 0.2) is 12.1 Å². The maximum absolute atomic E-state index is 13.6. The molecule has 0 saturated heterocycles. The Hall–Kier alpha value is -1.63. The zero-order valence-electron chi connectivity index (χ0n) is 8.89. The Morgan fingerprint density at radius 2 is 2.06 bits per heavy atom. The van der Waals surface area contributed by atoms with Gasteiger partial charge in [-0.2, -0.15) is 5.26 Å². The van der Waals surface area contributed by atoms with Crippen LogP contribution in [-0.2, 0) is 6.42 Å². The molecular formula is C12H11F2NO. The minimum Gasteiger partial charge on any atom is -0.494 e. The molecule has 84 valence electrons. The molecule has 0 aromatic heterocycles. The van der Waals surface area contributed by atoms with Gasteiger partial charge in [-0.15, -0.1) is 0 Å². The van der Waals surface area contributed by atoms with Gasteiger partial charge >= 0.3 is 0 Å². The summed E-state index contributed by atoms with van der Waals surface area (Å²) in [5.74, 6) is -1.21. The quantitative estimate of drug-likeness (QED) is 0.789. The maximum Gasteiger partial charge on any atom is 0.165 e. The Bertz CT molecular complexity index is 461. The lowest BCUT2D eigenvalue weighted by Gasteiger charge is -2.09. The first kappa shape index (κ1) is 10.9. The van der Waals surface area contributed by atoms with E-state index in [1.54, 1.807) is 0 Å². The standard InChI is InChI=1S/C12H11F2NO/c1-16-11-5-9(13)8(4-10(11)14)6-12(7-15)2-3-12/h4-5H,2-3,6H2,1H3. The molecule has 0 radical (unpaired) electrons. The van der Waals surface area contributed by atoms with Crippen molar-refractivity contribution in [1.29, 1.82) is 5.26 Å². The zero-order valence-corrected chi connectivity index (χ0v) is 8.89. The Morgan fingerprint density at radius 1 is 1.38 bits per heavy atom. The highest BCUT2D eigenvalue weighted by Crippen LogP contribution is 2.48. The van der Waals surface area contributed by atoms with Crippen LogP contribution in [0.4, 0.5) is 8.78 Å². The van der Waals surface area contributed by atoms with E-state index in [1.807, 2.05) is 0 Å². The molecule has 0 heterocycles. The second kappa shape index (κ2) is 3.75. The van der Waals surface area contributed by atoms with Crippen LogP contribution in [-0.4, -0.2) is 7.11 Å². The van der Waals surface area contributed by atoms with E-state index < -0.39 is 17.0 Å². The Morgan fingerprint density at radius 3 is 2.56 bits per heavy atom. The molecule has 0 unspecified atom stereocenters. The first-order chi connectivity index (χ1) is 7.60. The van der Waals surface area contributed by atoms with Gasteiger partial charge in [0.2, 0.25) is 0 Å². The molecule has 0 N–H and O–H groups in total. The number of methoxy groups -OCH3 is 1. The van der Waals surface area contributed by atoms with Crippen molar-refractivity contribution in [2.24, 2.45) is 5.41 Å². The average Bonchev–Trinajstić information content (AvgIpc) is 3.03. The van der Waals surface area contributed by atoms with Crippen LogP contribution in [0.3, 0.4) is 0 Å². The molecule has 0 atom stereocenters. The van der Waals surface area contributed by atoms with Crippen LogP contribution in [0.5, 0.6) is 5.75 Å². The topological polar surface area (TPSA) is 33.0 Å². The van der Waals surface area contributed by atoms with E-state index >= 15 is 0 Å². The Kier molecular flexibility index (Phi) is 2.55. The van der Waals surface area contributed by atoms with Crippen LogP contribution in [0.1, 0.15) is 18.4 Å². The normalized spacial score (nSPS) is 16.6. The molecule has 0 aliphatic heterocycles. The van der Waals surface area contributed by atoms with Gasteiger partial charge in [0, 0.05) is 6.07 Å². The van der Waals surface area contributed by atoms with Gasteiger partial charge in [-0.1, -0.05) is 0 Å². The summed E-state index contributed by atoms with van der Waals surface area (Å²) in [6.07, 6.45) is 1.80. The van der Waals surface area contributed by atoms with Crippen LogP contribution in [0, 0.1) is 28.4 Å². The molecular weight excluding hydrogens is 212 g/mol. The summed E-state index contributed by atoms with van der Waals surface area (Å²) >= 11 is 0. The van der Waals surface area contributed by atoms with Crippen molar-refractivity contribution < 1.29 is 13.5 Å². The Balaban J connectivity index is 2.29. The van der Waals surface area contributed by atoms with E-state index in [2.05, 4.69) is 10.8 Å². The molecule has 1 aliphatic rings. The Labute approximate surface area is 92.5 Å². The molecule has 0 amide bonds. The van der Waals surface area contributed by atoms with Gasteiger partial charge in [-0.25, -0.2) is 8.78 Å². The van der Waals surface area contributed by atoms with Crippen LogP contribution < -0.4 is 4.74 Å². The van der Waals surface area contributed by atoms with Gasteiger partial charge in [0.15, 0.2) is 11.6 Å². The van der Waals surface area contributed by atoms with E-state index in [0.29, 0.717) is 0 Å². The predicted molar refractivity (Wildman–Crippen MR) is 53.9 cm³/mol. The van der Waals surface area contributed by atoms with E-state index in [1.165, 1.54) is 7.11 Å². The van der Waals surface area contributed by atoms with Gasteiger partial charge < -0.3 is 4.74 Å². The fourth-order valence-corrected chi connectivity index (χ4v) is 1.71. The van der Waals surface area contributed by atoms with Gasteiger partial charge in [-0.3, -0.25) is 0 Å². The summed E-state index contributed by atoms with van der Waals surface area (Å²) in [5, 5.41) is 8.89. The third-order valence-corrected chi connectivity index (χ3v) is 2.94. The lowest BCUT2D eigenvalue weighted by Crippen LogP contribution is -2.05. The first-order valence-electron chi connectivity index (χ1n) is 5.03. The molecule has 1 aliphatic carbocycles. The van der Waals surface area contributed by atoms with Crippen molar-refractivity contribution in [1.82, 2.24) is 0 Å². The molecule has 1 saturated carbocycles. The second-order valence-electron chi connectivity index (χ2n) is 4.15. The number of hydrogen-bond donors (Lipinski definition) is 0. The molecule has 2 rings (SSSR count). The van der Waals surface area contributed by atoms with Crippen molar-refractivity contribution in [2.45, 2.75) is 19.3 Å². The zero-order chi connectivity index (χ0) is 11.8. The fourth-order valence-electron chi connectivity index (χ4n) is 1.71. The molecule has 16 heavy (non-hydrogen) atoms. The minimum absolute atomic E-state index is 0.108. The smallest absolute Gasteiger partial charge is 0.165 e. The summed E-state index contributed by atoms with van der Waals surface area (Å²) in [7, 11) is 1.29. The third kappa shape index (κ3) is 1.85. The van der Waals surface area contributed by atoms with Crippen LogP contribution >= 0.6 is 0 Å². The van der Waals surface area contributed by atoms with E-state index in [0.717, 1.165) is 25.0 Å². The van der Waals surface area contributed by atoms with Gasteiger partial charge in [-0.05, 0) is 30.9 Å². The molecule has 1 aromatic rings. The van der Waals surface area contributed by atoms with Crippen LogP contribution in [0.2, 0.25) is 0 Å². The van der Waals surface area contributed by atoms with Crippen molar-refractivity contribution >= 4 is 0 Å². The van der Waals surface area contributed by atoms with E-state index in [4.69, 9.17) is 5.26 Å². The molecule has 1 aromatic carbocycles. The SMILES string of the molecule is COc1cc(F)c(CC2(C#N)CC2)cc1F. The van der Waals surface area contributed by atoms with Gasteiger partial charge in [0.05, 0.1) is 18.6 Å². The van der Waals surface area contributed by atoms with Crippen LogP contribution in [0.25, 0.3) is 0 Å².